The van der Waals surface area contributed by atoms with E-state index in [-0.39, 0.29) is 5.41 Å². The molecule has 0 bridgehead atoms. The van der Waals surface area contributed by atoms with Crippen molar-refractivity contribution in [3.05, 3.63) is 35.9 Å². The van der Waals surface area contributed by atoms with E-state index in [0.717, 1.165) is 51.5 Å². The minimum absolute atomic E-state index is 0.257. The van der Waals surface area contributed by atoms with Gasteiger partial charge in [-0.2, -0.15) is 13.2 Å². The Morgan fingerprint density at radius 3 is 2.42 bits per heavy atom. The Balaban J connectivity index is 0.000000383. The highest BCUT2D eigenvalue weighted by Gasteiger charge is 2.51. The average Bonchev–Trinajstić information content (AvgIpc) is 3.38. The molecular formula is C24H33F3N2O4. The largest absolute Gasteiger partial charge is 0.490 e. The van der Waals surface area contributed by atoms with E-state index in [1.165, 1.54) is 24.9 Å². The van der Waals surface area contributed by atoms with Crippen LogP contribution in [-0.2, 0) is 20.7 Å². The normalized spacial score (nSPS) is 25.2. The molecule has 1 amide bonds. The fourth-order valence-electron chi connectivity index (χ4n) is 5.00. The highest BCUT2D eigenvalue weighted by molar-refractivity contribution is 5.77. The van der Waals surface area contributed by atoms with Crippen molar-refractivity contribution in [2.75, 3.05) is 46.4 Å². The molecule has 1 aromatic rings. The summed E-state index contributed by atoms with van der Waals surface area (Å²) in [6.45, 7) is 6.23. The predicted molar refractivity (Wildman–Crippen MR) is 117 cm³/mol. The number of amides is 1. The first kappa shape index (κ1) is 25.5. The Hall–Kier alpha value is -2.13. The monoisotopic (exact) mass is 470 g/mol. The fraction of sp³-hybridized carbons (Fsp3) is 0.667. The molecule has 1 N–H and O–H groups in total. The second kappa shape index (κ2) is 10.9. The van der Waals surface area contributed by atoms with Crippen LogP contribution in [0, 0.1) is 17.3 Å². The lowest BCUT2D eigenvalue weighted by molar-refractivity contribution is -0.192. The number of rotatable bonds is 7. The molecule has 3 aliphatic rings. The van der Waals surface area contributed by atoms with Crippen molar-refractivity contribution < 1.29 is 32.6 Å². The number of benzene rings is 1. The van der Waals surface area contributed by atoms with E-state index in [9.17, 15) is 18.0 Å². The molecular weight excluding hydrogens is 437 g/mol. The van der Waals surface area contributed by atoms with Crippen LogP contribution in [-0.4, -0.2) is 79.4 Å². The summed E-state index contributed by atoms with van der Waals surface area (Å²) in [5.41, 5.74) is 1.51. The molecule has 2 saturated heterocycles. The number of likely N-dealkylation sites (tertiary alicyclic amines) is 2. The number of alkyl halides is 3. The Morgan fingerprint density at radius 1 is 1.18 bits per heavy atom. The van der Waals surface area contributed by atoms with E-state index < -0.39 is 12.1 Å². The number of hydrogen-bond donors (Lipinski definition) is 1. The van der Waals surface area contributed by atoms with Gasteiger partial charge in [-0.25, -0.2) is 4.79 Å². The molecule has 1 aromatic carbocycles. The van der Waals surface area contributed by atoms with E-state index in [0.29, 0.717) is 18.2 Å². The van der Waals surface area contributed by atoms with Gasteiger partial charge in [-0.3, -0.25) is 4.79 Å². The van der Waals surface area contributed by atoms with Crippen molar-refractivity contribution in [3.63, 3.8) is 0 Å². The van der Waals surface area contributed by atoms with Crippen molar-refractivity contribution in [1.29, 1.82) is 0 Å². The third-order valence-electron chi connectivity index (χ3n) is 6.92. The van der Waals surface area contributed by atoms with Gasteiger partial charge in [-0.15, -0.1) is 0 Å². The van der Waals surface area contributed by atoms with Crippen molar-refractivity contribution in [2.45, 2.75) is 38.3 Å². The van der Waals surface area contributed by atoms with Gasteiger partial charge in [0.15, 0.2) is 0 Å². The molecule has 2 heterocycles. The molecule has 33 heavy (non-hydrogen) atoms. The topological polar surface area (TPSA) is 70.1 Å². The van der Waals surface area contributed by atoms with Crippen molar-refractivity contribution >= 4 is 11.9 Å². The van der Waals surface area contributed by atoms with Crippen LogP contribution in [0.25, 0.3) is 0 Å². The van der Waals surface area contributed by atoms with Crippen LogP contribution < -0.4 is 0 Å². The van der Waals surface area contributed by atoms with Gasteiger partial charge in [0.05, 0.1) is 6.61 Å². The third-order valence-corrected chi connectivity index (χ3v) is 6.92. The number of halogens is 3. The highest BCUT2D eigenvalue weighted by Crippen LogP contribution is 2.45. The summed E-state index contributed by atoms with van der Waals surface area (Å²) in [6, 6.07) is 10.3. The molecule has 9 heteroatoms. The summed E-state index contributed by atoms with van der Waals surface area (Å²) in [7, 11) is 1.81. The summed E-state index contributed by atoms with van der Waals surface area (Å²) in [5.74, 6) is -0.938. The zero-order valence-electron chi connectivity index (χ0n) is 19.0. The number of carboxylic acid groups (broad SMARTS) is 1. The minimum Gasteiger partial charge on any atom is -0.475 e. The Kier molecular flexibility index (Phi) is 8.39. The number of aryl methyl sites for hydroxylation is 1. The Bertz CT molecular complexity index is 801. The molecule has 1 saturated carbocycles. The van der Waals surface area contributed by atoms with Crippen LogP contribution >= 0.6 is 0 Å². The number of carbonyl (C=O) groups is 2. The lowest BCUT2D eigenvalue weighted by atomic mass is 9.77. The van der Waals surface area contributed by atoms with Gasteiger partial charge in [0, 0.05) is 57.6 Å². The van der Waals surface area contributed by atoms with E-state index in [2.05, 4.69) is 21.9 Å². The van der Waals surface area contributed by atoms with E-state index in [1.54, 1.807) is 0 Å². The zero-order valence-corrected chi connectivity index (χ0v) is 19.0. The van der Waals surface area contributed by atoms with Crippen molar-refractivity contribution in [2.24, 2.45) is 17.3 Å². The fourth-order valence-corrected chi connectivity index (χ4v) is 5.00. The number of hydrogen-bond acceptors (Lipinski definition) is 4. The molecule has 2 aliphatic heterocycles. The minimum atomic E-state index is -5.08. The van der Waals surface area contributed by atoms with Crippen molar-refractivity contribution in [3.8, 4) is 0 Å². The molecule has 1 spiro atoms. The van der Waals surface area contributed by atoms with Crippen LogP contribution in [0.2, 0.25) is 0 Å². The zero-order chi connectivity index (χ0) is 24.1. The summed E-state index contributed by atoms with van der Waals surface area (Å²) in [5, 5.41) is 7.12. The van der Waals surface area contributed by atoms with E-state index in [4.69, 9.17) is 14.6 Å². The lowest BCUT2D eigenvalue weighted by Gasteiger charge is -2.30. The van der Waals surface area contributed by atoms with Gasteiger partial charge in [0.2, 0.25) is 5.91 Å². The van der Waals surface area contributed by atoms with Gasteiger partial charge in [0.1, 0.15) is 0 Å². The molecule has 184 valence electrons. The van der Waals surface area contributed by atoms with Crippen molar-refractivity contribution in [1.82, 2.24) is 9.80 Å². The number of carbonyl (C=O) groups excluding carboxylic acids is 1. The molecule has 2 atom stereocenters. The summed E-state index contributed by atoms with van der Waals surface area (Å²) >= 11 is 0. The van der Waals surface area contributed by atoms with Crippen LogP contribution in [0.3, 0.4) is 0 Å². The highest BCUT2D eigenvalue weighted by atomic mass is 19.4. The summed E-state index contributed by atoms with van der Waals surface area (Å²) in [4.78, 5) is 26.5. The first-order valence-electron chi connectivity index (χ1n) is 11.5. The van der Waals surface area contributed by atoms with E-state index in [1.807, 2.05) is 25.3 Å². The maximum absolute atomic E-state index is 12.8. The standard InChI is InChI=1S/C22H32N2O2.C2HF3O2/c1-26-15-20-14-23(13-19-7-8-19)16-22(20)11-12-24(17-22)21(25)10-9-18-5-3-2-4-6-18;3-2(4,5)1(6)7/h2-6,19-20H,7-17H2,1H3;(H,6,7)/t20-,22-;/m1./s1. The van der Waals surface area contributed by atoms with Gasteiger partial charge < -0.3 is 19.6 Å². The van der Waals surface area contributed by atoms with Crippen LogP contribution in [0.5, 0.6) is 0 Å². The first-order valence-corrected chi connectivity index (χ1v) is 11.5. The second-order valence-electron chi connectivity index (χ2n) is 9.51. The third kappa shape index (κ3) is 7.17. The molecule has 0 aromatic heterocycles. The van der Waals surface area contributed by atoms with Crippen LogP contribution in [0.1, 0.15) is 31.2 Å². The number of methoxy groups -OCH3 is 1. The van der Waals surface area contributed by atoms with E-state index >= 15 is 0 Å². The maximum atomic E-state index is 12.8. The number of carboxylic acids is 1. The maximum Gasteiger partial charge on any atom is 0.490 e. The van der Waals surface area contributed by atoms with Gasteiger partial charge in [-0.05, 0) is 37.2 Å². The van der Waals surface area contributed by atoms with Crippen LogP contribution in [0.15, 0.2) is 30.3 Å². The SMILES string of the molecule is COC[C@H]1CN(CC2CC2)C[C@@]12CCN(C(=O)CCc1ccccc1)C2.O=C(O)C(F)(F)F. The number of aliphatic carboxylic acids is 1. The predicted octanol–water partition coefficient (Wildman–Crippen LogP) is 3.46. The summed E-state index contributed by atoms with van der Waals surface area (Å²) < 4.78 is 37.3. The Labute approximate surface area is 192 Å². The second-order valence-corrected chi connectivity index (χ2v) is 9.51. The first-order chi connectivity index (χ1) is 15.6. The number of nitrogens with zero attached hydrogens (tertiary/aromatic N) is 2. The van der Waals surface area contributed by atoms with Gasteiger partial charge in [-0.1, -0.05) is 30.3 Å². The smallest absolute Gasteiger partial charge is 0.475 e. The molecule has 3 fully saturated rings. The van der Waals surface area contributed by atoms with Crippen LogP contribution in [0.4, 0.5) is 13.2 Å². The summed E-state index contributed by atoms with van der Waals surface area (Å²) in [6.07, 6.45) is 0.337. The average molecular weight is 471 g/mol. The molecule has 1 aliphatic carbocycles. The molecule has 0 radical (unpaired) electrons. The van der Waals surface area contributed by atoms with Gasteiger partial charge >= 0.3 is 12.1 Å². The quantitative estimate of drug-likeness (QED) is 0.661. The number of ether oxygens (including phenoxy) is 1. The molecule has 6 nitrogen and oxygen atoms in total. The molecule has 4 rings (SSSR count). The lowest BCUT2D eigenvalue weighted by Crippen LogP contribution is -2.38. The Morgan fingerprint density at radius 2 is 1.85 bits per heavy atom. The van der Waals surface area contributed by atoms with Gasteiger partial charge in [0.25, 0.3) is 0 Å². The molecule has 0 unspecified atom stereocenters.